The standard InChI is InChI=1S/C44H34N4O5S/c49-41(45-34-19-17-33(18-20-34)44-48-38-13-7-8-14-40(38)53-44)29-54-37-25-21-35(22-26-37)46-43(51)39(47-42(50)32-11-5-2-6-12-32)27-30-15-23-36(24-16-30)52-28-31-9-3-1-4-10-31/h1-27H,28-29H2,(H,45,49)(H,46,51)(H,47,50)/b39-27-. The number of amides is 3. The Morgan fingerprint density at radius 2 is 1.33 bits per heavy atom. The van der Waals surface area contributed by atoms with Gasteiger partial charge < -0.3 is 25.1 Å². The summed E-state index contributed by atoms with van der Waals surface area (Å²) in [5, 5.41) is 8.55. The van der Waals surface area contributed by atoms with Gasteiger partial charge in [-0.15, -0.1) is 11.8 Å². The number of rotatable bonds is 13. The summed E-state index contributed by atoms with van der Waals surface area (Å²) >= 11 is 1.37. The SMILES string of the molecule is O=C(CSc1ccc(NC(=O)/C(=C/c2ccc(OCc3ccccc3)cc2)NC(=O)c2ccccc2)cc1)Nc1ccc(-c2nc3ccccc3o2)cc1. The van der Waals surface area contributed by atoms with Crippen molar-refractivity contribution in [1.82, 2.24) is 10.3 Å². The molecule has 1 heterocycles. The molecule has 1 aromatic heterocycles. The Bertz CT molecular complexity index is 2360. The Morgan fingerprint density at radius 3 is 2.06 bits per heavy atom. The van der Waals surface area contributed by atoms with Crippen molar-refractivity contribution in [3.63, 3.8) is 0 Å². The molecule has 7 aromatic rings. The second-order valence-electron chi connectivity index (χ2n) is 12.1. The highest BCUT2D eigenvalue weighted by Gasteiger charge is 2.16. The van der Waals surface area contributed by atoms with E-state index in [1.165, 1.54) is 11.8 Å². The molecule has 0 aliphatic heterocycles. The van der Waals surface area contributed by atoms with Crippen LogP contribution in [-0.2, 0) is 16.2 Å². The molecule has 0 aliphatic rings. The zero-order valence-electron chi connectivity index (χ0n) is 28.9. The predicted octanol–water partition coefficient (Wildman–Crippen LogP) is 9.21. The Labute approximate surface area is 316 Å². The van der Waals surface area contributed by atoms with Gasteiger partial charge in [0, 0.05) is 27.4 Å². The van der Waals surface area contributed by atoms with E-state index in [0.717, 1.165) is 27.1 Å². The third-order valence-electron chi connectivity index (χ3n) is 8.16. The minimum Gasteiger partial charge on any atom is -0.489 e. The average molecular weight is 731 g/mol. The lowest BCUT2D eigenvalue weighted by molar-refractivity contribution is -0.114. The summed E-state index contributed by atoms with van der Waals surface area (Å²) in [5.74, 6) is 0.315. The van der Waals surface area contributed by atoms with Crippen LogP contribution in [0.4, 0.5) is 11.4 Å². The number of fused-ring (bicyclic) bond motifs is 1. The van der Waals surface area contributed by atoms with Crippen LogP contribution in [0.2, 0.25) is 0 Å². The van der Waals surface area contributed by atoms with Crippen molar-refractivity contribution in [2.45, 2.75) is 11.5 Å². The van der Waals surface area contributed by atoms with E-state index in [1.807, 2.05) is 121 Å². The van der Waals surface area contributed by atoms with E-state index in [0.29, 0.717) is 40.7 Å². The number of anilines is 2. The fourth-order valence-corrected chi connectivity index (χ4v) is 6.08. The number of nitrogens with one attached hydrogen (secondary N) is 3. The van der Waals surface area contributed by atoms with Gasteiger partial charge >= 0.3 is 0 Å². The number of thioether (sulfide) groups is 1. The molecular weight excluding hydrogens is 697 g/mol. The summed E-state index contributed by atoms with van der Waals surface area (Å²) in [5.41, 5.74) is 5.74. The van der Waals surface area contributed by atoms with Crippen LogP contribution >= 0.6 is 11.8 Å². The van der Waals surface area contributed by atoms with E-state index in [9.17, 15) is 14.4 Å². The van der Waals surface area contributed by atoms with Gasteiger partial charge in [-0.2, -0.15) is 0 Å². The first-order valence-electron chi connectivity index (χ1n) is 17.1. The molecule has 0 saturated heterocycles. The maximum Gasteiger partial charge on any atom is 0.272 e. The summed E-state index contributed by atoms with van der Waals surface area (Å²) in [4.78, 5) is 44.7. The van der Waals surface area contributed by atoms with Crippen LogP contribution in [0.5, 0.6) is 5.75 Å². The molecule has 266 valence electrons. The zero-order valence-corrected chi connectivity index (χ0v) is 29.7. The molecule has 3 amide bonds. The highest BCUT2D eigenvalue weighted by Crippen LogP contribution is 2.26. The molecule has 3 N–H and O–H groups in total. The molecular formula is C44H34N4O5S. The topological polar surface area (TPSA) is 123 Å². The Balaban J connectivity index is 0.948. The second kappa shape index (κ2) is 17.1. The van der Waals surface area contributed by atoms with Crippen molar-refractivity contribution >= 4 is 58.0 Å². The van der Waals surface area contributed by atoms with Crippen LogP contribution in [-0.4, -0.2) is 28.5 Å². The van der Waals surface area contributed by atoms with Gasteiger partial charge in [-0.3, -0.25) is 14.4 Å². The van der Waals surface area contributed by atoms with Gasteiger partial charge in [-0.1, -0.05) is 72.8 Å². The first kappa shape index (κ1) is 35.5. The Hall–Kier alpha value is -6.91. The van der Waals surface area contributed by atoms with Gasteiger partial charge in [-0.25, -0.2) is 4.98 Å². The lowest BCUT2D eigenvalue weighted by Gasteiger charge is -2.12. The van der Waals surface area contributed by atoms with Gasteiger partial charge in [-0.05, 0) is 102 Å². The van der Waals surface area contributed by atoms with Crippen molar-refractivity contribution in [2.75, 3.05) is 16.4 Å². The normalized spacial score (nSPS) is 11.1. The highest BCUT2D eigenvalue weighted by atomic mass is 32.2. The minimum absolute atomic E-state index is 0.0683. The molecule has 7 rings (SSSR count). The van der Waals surface area contributed by atoms with Crippen molar-refractivity contribution in [1.29, 1.82) is 0 Å². The number of para-hydroxylation sites is 2. The summed E-state index contributed by atoms with van der Waals surface area (Å²) in [6.07, 6.45) is 1.61. The van der Waals surface area contributed by atoms with Crippen LogP contribution in [0.15, 0.2) is 173 Å². The van der Waals surface area contributed by atoms with E-state index in [1.54, 1.807) is 42.5 Å². The summed E-state index contributed by atoms with van der Waals surface area (Å²) in [6.45, 7) is 0.430. The number of aromatic nitrogens is 1. The quantitative estimate of drug-likeness (QED) is 0.0799. The zero-order chi connectivity index (χ0) is 37.1. The molecule has 10 heteroatoms. The molecule has 0 fully saturated rings. The molecule has 0 saturated carbocycles. The number of carbonyl (C=O) groups is 3. The highest BCUT2D eigenvalue weighted by molar-refractivity contribution is 8.00. The van der Waals surface area contributed by atoms with Gasteiger partial charge in [0.25, 0.3) is 11.8 Å². The first-order valence-corrected chi connectivity index (χ1v) is 18.1. The third kappa shape index (κ3) is 9.49. The molecule has 6 aromatic carbocycles. The van der Waals surface area contributed by atoms with Gasteiger partial charge in [0.15, 0.2) is 5.58 Å². The van der Waals surface area contributed by atoms with Crippen molar-refractivity contribution in [2.24, 2.45) is 0 Å². The average Bonchev–Trinajstić information content (AvgIpc) is 3.66. The second-order valence-corrected chi connectivity index (χ2v) is 13.1. The Kier molecular flexibility index (Phi) is 11.2. The summed E-state index contributed by atoms with van der Waals surface area (Å²) < 4.78 is 11.7. The van der Waals surface area contributed by atoms with Crippen molar-refractivity contribution < 1.29 is 23.5 Å². The largest absolute Gasteiger partial charge is 0.489 e. The van der Waals surface area contributed by atoms with E-state index in [-0.39, 0.29) is 17.4 Å². The fraction of sp³-hybridized carbons (Fsp3) is 0.0455. The predicted molar refractivity (Wildman–Crippen MR) is 213 cm³/mol. The smallest absolute Gasteiger partial charge is 0.272 e. The molecule has 0 unspecified atom stereocenters. The van der Waals surface area contributed by atoms with Gasteiger partial charge in [0.1, 0.15) is 23.6 Å². The van der Waals surface area contributed by atoms with Crippen molar-refractivity contribution in [3.8, 4) is 17.2 Å². The fourth-order valence-electron chi connectivity index (χ4n) is 5.38. The number of hydrogen-bond donors (Lipinski definition) is 3. The van der Waals surface area contributed by atoms with E-state index >= 15 is 0 Å². The number of carbonyl (C=O) groups excluding carboxylic acids is 3. The van der Waals surface area contributed by atoms with Crippen LogP contribution in [0.1, 0.15) is 21.5 Å². The van der Waals surface area contributed by atoms with Crippen LogP contribution < -0.4 is 20.7 Å². The number of nitrogens with zero attached hydrogens (tertiary/aromatic N) is 1. The molecule has 0 radical (unpaired) electrons. The lowest BCUT2D eigenvalue weighted by Crippen LogP contribution is -2.30. The van der Waals surface area contributed by atoms with Gasteiger partial charge in [0.2, 0.25) is 11.8 Å². The first-order chi connectivity index (χ1) is 26.4. The molecule has 54 heavy (non-hydrogen) atoms. The maximum atomic E-state index is 13.5. The molecule has 0 bridgehead atoms. The van der Waals surface area contributed by atoms with E-state index < -0.39 is 11.8 Å². The van der Waals surface area contributed by atoms with E-state index in [4.69, 9.17) is 9.15 Å². The Morgan fingerprint density at radius 1 is 0.685 bits per heavy atom. The number of hydrogen-bond acceptors (Lipinski definition) is 7. The maximum absolute atomic E-state index is 13.5. The van der Waals surface area contributed by atoms with Crippen LogP contribution in [0.25, 0.3) is 28.6 Å². The van der Waals surface area contributed by atoms with Crippen molar-refractivity contribution in [3.05, 3.63) is 180 Å². The molecule has 0 atom stereocenters. The molecule has 9 nitrogen and oxygen atoms in total. The van der Waals surface area contributed by atoms with Crippen LogP contribution in [0, 0.1) is 0 Å². The lowest BCUT2D eigenvalue weighted by atomic mass is 10.1. The number of benzene rings is 6. The molecule has 0 spiro atoms. The minimum atomic E-state index is -0.495. The van der Waals surface area contributed by atoms with Gasteiger partial charge in [0.05, 0.1) is 5.75 Å². The monoisotopic (exact) mass is 730 g/mol. The number of oxazole rings is 1. The van der Waals surface area contributed by atoms with E-state index in [2.05, 4.69) is 20.9 Å². The van der Waals surface area contributed by atoms with Crippen LogP contribution in [0.3, 0.4) is 0 Å². The third-order valence-corrected chi connectivity index (χ3v) is 9.17. The number of ether oxygens (including phenoxy) is 1. The molecule has 0 aliphatic carbocycles. The summed E-state index contributed by atoms with van der Waals surface area (Å²) in [7, 11) is 0. The summed E-state index contributed by atoms with van der Waals surface area (Å²) in [6, 6.07) is 47.9.